The third kappa shape index (κ3) is 4.55. The zero-order valence-electron chi connectivity index (χ0n) is 15.2. The minimum absolute atomic E-state index is 0.326. The van der Waals surface area contributed by atoms with Gasteiger partial charge in [0.1, 0.15) is 12.4 Å². The fourth-order valence-corrected chi connectivity index (χ4v) is 3.53. The monoisotopic (exact) mass is 414 g/mol. The van der Waals surface area contributed by atoms with Crippen molar-refractivity contribution in [2.24, 2.45) is 0 Å². The van der Waals surface area contributed by atoms with E-state index in [0.717, 1.165) is 48.8 Å². The van der Waals surface area contributed by atoms with Gasteiger partial charge < -0.3 is 15.0 Å². The highest BCUT2D eigenvalue weighted by molar-refractivity contribution is 6.35. The second-order valence-electron chi connectivity index (χ2n) is 6.53. The number of nitrogens with one attached hydrogen (secondary N) is 1. The Bertz CT molecular complexity index is 943. The molecule has 144 valence electrons. The highest BCUT2D eigenvalue weighted by atomic mass is 35.5. The molecule has 1 fully saturated rings. The summed E-state index contributed by atoms with van der Waals surface area (Å²) in [5, 5.41) is 4.53. The molecule has 7 heteroatoms. The minimum atomic E-state index is 0.326. The lowest BCUT2D eigenvalue weighted by atomic mass is 10.2. The van der Waals surface area contributed by atoms with E-state index in [2.05, 4.69) is 20.2 Å². The van der Waals surface area contributed by atoms with Crippen molar-refractivity contribution in [3.8, 4) is 17.1 Å². The predicted octanol–water partition coefficient (Wildman–Crippen LogP) is 4.44. The Hall–Kier alpha value is -2.34. The number of pyridine rings is 2. The molecule has 3 heterocycles. The molecule has 1 N–H and O–H groups in total. The van der Waals surface area contributed by atoms with Crippen molar-refractivity contribution in [1.29, 1.82) is 0 Å². The molecule has 0 bridgehead atoms. The molecule has 1 saturated heterocycles. The molecule has 3 aromatic rings. The topological polar surface area (TPSA) is 50.3 Å². The van der Waals surface area contributed by atoms with Crippen LogP contribution in [0.5, 0.6) is 5.88 Å². The van der Waals surface area contributed by atoms with Gasteiger partial charge in [0.2, 0.25) is 5.88 Å². The molecule has 0 saturated carbocycles. The molecule has 28 heavy (non-hydrogen) atoms. The van der Waals surface area contributed by atoms with Crippen LogP contribution < -0.4 is 15.0 Å². The Morgan fingerprint density at radius 2 is 1.89 bits per heavy atom. The van der Waals surface area contributed by atoms with Gasteiger partial charge in [0, 0.05) is 59.6 Å². The molecule has 0 atom stereocenters. The van der Waals surface area contributed by atoms with Gasteiger partial charge in [-0.25, -0.2) is 9.97 Å². The van der Waals surface area contributed by atoms with Crippen molar-refractivity contribution in [2.75, 3.05) is 31.1 Å². The largest absolute Gasteiger partial charge is 0.473 e. The summed E-state index contributed by atoms with van der Waals surface area (Å²) in [6, 6.07) is 15.1. The lowest BCUT2D eigenvalue weighted by Crippen LogP contribution is -2.43. The number of aromatic nitrogens is 2. The maximum absolute atomic E-state index is 6.20. The summed E-state index contributed by atoms with van der Waals surface area (Å²) in [6.45, 7) is 4.25. The summed E-state index contributed by atoms with van der Waals surface area (Å²) < 4.78 is 5.82. The number of halogens is 2. The molecule has 0 amide bonds. The molecule has 0 unspecified atom stereocenters. The molecule has 1 aliphatic heterocycles. The maximum atomic E-state index is 6.20. The van der Waals surface area contributed by atoms with Crippen molar-refractivity contribution in [1.82, 2.24) is 15.3 Å². The molecule has 1 aromatic carbocycles. The standard InChI is InChI=1S/C21H20Cl2N4O/c22-17-6-4-16(18(23)12-17)14-28-21-3-1-2-19(26-21)15-5-7-20(25-13-15)27-10-8-24-9-11-27/h1-7,12-13,24H,8-11,14H2. The van der Waals surface area contributed by atoms with Gasteiger partial charge in [-0.3, -0.25) is 0 Å². The number of piperazine rings is 1. The Labute approximate surface area is 174 Å². The lowest BCUT2D eigenvalue weighted by Gasteiger charge is -2.28. The summed E-state index contributed by atoms with van der Waals surface area (Å²) in [4.78, 5) is 11.5. The van der Waals surface area contributed by atoms with Gasteiger partial charge in [-0.15, -0.1) is 0 Å². The zero-order valence-corrected chi connectivity index (χ0v) is 16.7. The van der Waals surface area contributed by atoms with Crippen LogP contribution in [0, 0.1) is 0 Å². The Morgan fingerprint density at radius 3 is 2.64 bits per heavy atom. The smallest absolute Gasteiger partial charge is 0.214 e. The molecular weight excluding hydrogens is 395 g/mol. The van der Waals surface area contributed by atoms with Gasteiger partial charge >= 0.3 is 0 Å². The fraction of sp³-hybridized carbons (Fsp3) is 0.238. The normalized spacial score (nSPS) is 14.1. The van der Waals surface area contributed by atoms with E-state index in [-0.39, 0.29) is 0 Å². The maximum Gasteiger partial charge on any atom is 0.214 e. The average molecular weight is 415 g/mol. The molecule has 2 aromatic heterocycles. The van der Waals surface area contributed by atoms with Crippen LogP contribution in [0.15, 0.2) is 54.7 Å². The first-order valence-corrected chi connectivity index (χ1v) is 9.90. The van der Waals surface area contributed by atoms with Crippen LogP contribution in [0.4, 0.5) is 5.82 Å². The molecular formula is C21H20Cl2N4O. The molecule has 0 radical (unpaired) electrons. The first kappa shape index (κ1) is 19.0. The van der Waals surface area contributed by atoms with Crippen molar-refractivity contribution < 1.29 is 4.74 Å². The first-order valence-electron chi connectivity index (χ1n) is 9.15. The van der Waals surface area contributed by atoms with E-state index in [1.807, 2.05) is 42.6 Å². The van der Waals surface area contributed by atoms with Gasteiger partial charge in [0.25, 0.3) is 0 Å². The second kappa shape index (κ2) is 8.78. The van der Waals surface area contributed by atoms with Gasteiger partial charge in [-0.1, -0.05) is 35.3 Å². The van der Waals surface area contributed by atoms with Crippen LogP contribution in [-0.2, 0) is 6.61 Å². The number of nitrogens with zero attached hydrogens (tertiary/aromatic N) is 3. The van der Waals surface area contributed by atoms with E-state index >= 15 is 0 Å². The number of benzene rings is 1. The van der Waals surface area contributed by atoms with Crippen LogP contribution in [0.1, 0.15) is 5.56 Å². The molecule has 4 rings (SSSR count). The van der Waals surface area contributed by atoms with Crippen molar-refractivity contribution in [3.63, 3.8) is 0 Å². The molecule has 1 aliphatic rings. The van der Waals surface area contributed by atoms with Gasteiger partial charge in [0.15, 0.2) is 0 Å². The number of anilines is 1. The van der Waals surface area contributed by atoms with E-state index in [1.165, 1.54) is 0 Å². The summed E-state index contributed by atoms with van der Waals surface area (Å²) in [5.74, 6) is 1.53. The molecule has 0 spiro atoms. The SMILES string of the molecule is Clc1ccc(COc2cccc(-c3ccc(N4CCNCC4)nc3)n2)c(Cl)c1. The summed E-state index contributed by atoms with van der Waals surface area (Å²) >= 11 is 12.1. The summed E-state index contributed by atoms with van der Waals surface area (Å²) in [6.07, 6.45) is 1.86. The van der Waals surface area contributed by atoms with Crippen molar-refractivity contribution in [3.05, 3.63) is 70.3 Å². The molecule has 0 aliphatic carbocycles. The van der Waals surface area contributed by atoms with E-state index in [0.29, 0.717) is 22.5 Å². The van der Waals surface area contributed by atoms with Crippen molar-refractivity contribution in [2.45, 2.75) is 6.61 Å². The van der Waals surface area contributed by atoms with Crippen LogP contribution >= 0.6 is 23.2 Å². The summed E-state index contributed by atoms with van der Waals surface area (Å²) in [7, 11) is 0. The Balaban J connectivity index is 1.45. The number of rotatable bonds is 5. The summed E-state index contributed by atoms with van der Waals surface area (Å²) in [5.41, 5.74) is 2.63. The number of hydrogen-bond donors (Lipinski definition) is 1. The van der Waals surface area contributed by atoms with E-state index in [1.54, 1.807) is 12.1 Å². The minimum Gasteiger partial charge on any atom is -0.473 e. The quantitative estimate of drug-likeness (QED) is 0.668. The Kier molecular flexibility index (Phi) is 5.95. The van der Waals surface area contributed by atoms with Crippen LogP contribution in [0.3, 0.4) is 0 Å². The lowest BCUT2D eigenvalue weighted by molar-refractivity contribution is 0.294. The van der Waals surface area contributed by atoms with Crippen LogP contribution in [0.25, 0.3) is 11.3 Å². The van der Waals surface area contributed by atoms with E-state index < -0.39 is 0 Å². The highest BCUT2D eigenvalue weighted by Crippen LogP contribution is 2.24. The third-order valence-corrected chi connectivity index (χ3v) is 5.19. The third-order valence-electron chi connectivity index (χ3n) is 4.60. The van der Waals surface area contributed by atoms with Gasteiger partial charge in [-0.05, 0) is 30.3 Å². The second-order valence-corrected chi connectivity index (χ2v) is 7.37. The van der Waals surface area contributed by atoms with E-state index in [4.69, 9.17) is 27.9 Å². The van der Waals surface area contributed by atoms with Crippen LogP contribution in [-0.4, -0.2) is 36.1 Å². The number of hydrogen-bond acceptors (Lipinski definition) is 5. The zero-order chi connectivity index (χ0) is 19.3. The molecule has 5 nitrogen and oxygen atoms in total. The van der Waals surface area contributed by atoms with Crippen LogP contribution in [0.2, 0.25) is 10.0 Å². The predicted molar refractivity (Wildman–Crippen MR) is 113 cm³/mol. The fourth-order valence-electron chi connectivity index (χ4n) is 3.06. The first-order chi connectivity index (χ1) is 13.7. The number of ether oxygens (including phenoxy) is 1. The highest BCUT2D eigenvalue weighted by Gasteiger charge is 2.12. The van der Waals surface area contributed by atoms with E-state index in [9.17, 15) is 0 Å². The van der Waals surface area contributed by atoms with Gasteiger partial charge in [-0.2, -0.15) is 0 Å². The Morgan fingerprint density at radius 1 is 1.04 bits per heavy atom. The van der Waals surface area contributed by atoms with Crippen molar-refractivity contribution >= 4 is 29.0 Å². The van der Waals surface area contributed by atoms with Gasteiger partial charge in [0.05, 0.1) is 5.69 Å². The average Bonchev–Trinajstić information content (AvgIpc) is 2.74.